The monoisotopic (exact) mass is 247 g/mol. The van der Waals surface area contributed by atoms with Crippen molar-refractivity contribution >= 4 is 17.0 Å². The SMILES string of the molecule is O=[N+]([O-])Nc1nnc2n[nH]nc2c1-c1ncc[nH]1. The van der Waals surface area contributed by atoms with Crippen LogP contribution in [0.15, 0.2) is 12.4 Å². The first-order chi connectivity index (χ1) is 8.75. The zero-order valence-electron chi connectivity index (χ0n) is 8.65. The number of fused-ring (bicyclic) bond motifs is 1. The van der Waals surface area contributed by atoms with Crippen molar-refractivity contribution in [3.63, 3.8) is 0 Å². The molecule has 0 aliphatic carbocycles. The maximum atomic E-state index is 10.5. The van der Waals surface area contributed by atoms with E-state index in [-0.39, 0.29) is 11.5 Å². The first-order valence-corrected chi connectivity index (χ1v) is 4.73. The second-order valence-corrected chi connectivity index (χ2v) is 3.23. The molecule has 0 amide bonds. The molecular formula is C7H5N9O2. The lowest BCUT2D eigenvalue weighted by Crippen LogP contribution is -2.11. The molecule has 3 rings (SSSR count). The summed E-state index contributed by atoms with van der Waals surface area (Å²) in [5.41, 5.74) is 2.86. The van der Waals surface area contributed by atoms with E-state index in [1.165, 1.54) is 6.20 Å². The molecule has 11 heteroatoms. The quantitative estimate of drug-likeness (QED) is 0.423. The Balaban J connectivity index is 2.28. The van der Waals surface area contributed by atoms with Crippen LogP contribution in [0, 0.1) is 10.1 Å². The number of H-pyrrole nitrogens is 2. The van der Waals surface area contributed by atoms with Crippen LogP contribution in [0.25, 0.3) is 22.6 Å². The minimum Gasteiger partial charge on any atom is -0.344 e. The third kappa shape index (κ3) is 1.50. The van der Waals surface area contributed by atoms with Gasteiger partial charge in [0, 0.05) is 12.4 Å². The molecule has 3 aromatic heterocycles. The summed E-state index contributed by atoms with van der Waals surface area (Å²) in [6.07, 6.45) is 3.09. The number of hydrogen-bond donors (Lipinski definition) is 3. The van der Waals surface area contributed by atoms with Crippen molar-refractivity contribution in [2.75, 3.05) is 5.43 Å². The number of nitro groups is 1. The number of nitrogens with one attached hydrogen (secondary N) is 3. The molecule has 11 nitrogen and oxygen atoms in total. The van der Waals surface area contributed by atoms with E-state index in [9.17, 15) is 10.1 Å². The van der Waals surface area contributed by atoms with Crippen molar-refractivity contribution in [1.82, 2.24) is 35.6 Å². The predicted molar refractivity (Wildman–Crippen MR) is 57.7 cm³/mol. The normalized spacial score (nSPS) is 10.7. The molecule has 0 bridgehead atoms. The Labute approximate surface area is 97.8 Å². The van der Waals surface area contributed by atoms with Gasteiger partial charge in [0.2, 0.25) is 11.5 Å². The molecule has 0 aromatic carbocycles. The van der Waals surface area contributed by atoms with Gasteiger partial charge >= 0.3 is 0 Å². The fourth-order valence-corrected chi connectivity index (χ4v) is 1.51. The number of aromatic amines is 2. The Bertz CT molecular complexity index is 703. The number of hydrogen-bond acceptors (Lipinski definition) is 7. The molecule has 0 radical (unpaired) electrons. The summed E-state index contributed by atoms with van der Waals surface area (Å²) in [6, 6.07) is 0. The average molecular weight is 247 g/mol. The standard InChI is InChI=1S/C7H5N9O2/c17-16(18)14-6-3(5-8-1-2-9-5)4-7(12-11-6)13-15-10-4/h1-2H,(H,8,9)(H,11,14)(H,10,12,13,15). The van der Waals surface area contributed by atoms with E-state index >= 15 is 0 Å². The maximum absolute atomic E-state index is 10.5. The second kappa shape index (κ2) is 3.73. The Kier molecular flexibility index (Phi) is 2.08. The van der Waals surface area contributed by atoms with Crippen LogP contribution in [0.5, 0.6) is 0 Å². The van der Waals surface area contributed by atoms with E-state index in [2.05, 4.69) is 35.6 Å². The van der Waals surface area contributed by atoms with Gasteiger partial charge in [-0.1, -0.05) is 5.43 Å². The van der Waals surface area contributed by atoms with E-state index in [1.807, 2.05) is 5.43 Å². The van der Waals surface area contributed by atoms with Crippen LogP contribution in [0.3, 0.4) is 0 Å². The minimum atomic E-state index is -0.734. The predicted octanol–water partition coefficient (Wildman–Crippen LogP) is -0.258. The molecule has 0 unspecified atom stereocenters. The van der Waals surface area contributed by atoms with E-state index < -0.39 is 5.03 Å². The lowest BCUT2D eigenvalue weighted by molar-refractivity contribution is -0.445. The van der Waals surface area contributed by atoms with Crippen LogP contribution in [0.1, 0.15) is 0 Å². The molecule has 3 N–H and O–H groups in total. The van der Waals surface area contributed by atoms with Gasteiger partial charge in [-0.05, 0) is 0 Å². The lowest BCUT2D eigenvalue weighted by Gasteiger charge is -2.02. The molecule has 90 valence electrons. The van der Waals surface area contributed by atoms with Crippen LogP contribution in [-0.2, 0) is 0 Å². The third-order valence-electron chi connectivity index (χ3n) is 2.18. The molecule has 0 atom stereocenters. The van der Waals surface area contributed by atoms with Crippen molar-refractivity contribution < 1.29 is 5.03 Å². The molecule has 0 saturated carbocycles. The van der Waals surface area contributed by atoms with Crippen LogP contribution in [0.4, 0.5) is 5.82 Å². The van der Waals surface area contributed by atoms with Crippen LogP contribution in [-0.4, -0.2) is 40.6 Å². The highest BCUT2D eigenvalue weighted by atomic mass is 16.7. The van der Waals surface area contributed by atoms with Crippen molar-refractivity contribution in [3.05, 3.63) is 22.5 Å². The second-order valence-electron chi connectivity index (χ2n) is 3.23. The van der Waals surface area contributed by atoms with Crippen molar-refractivity contribution in [3.8, 4) is 11.4 Å². The largest absolute Gasteiger partial charge is 0.344 e. The topological polar surface area (TPSA) is 151 Å². The lowest BCUT2D eigenvalue weighted by atomic mass is 10.2. The van der Waals surface area contributed by atoms with Crippen LogP contribution < -0.4 is 5.43 Å². The van der Waals surface area contributed by atoms with E-state index in [4.69, 9.17) is 0 Å². The molecule has 18 heavy (non-hydrogen) atoms. The summed E-state index contributed by atoms with van der Waals surface area (Å²) >= 11 is 0. The van der Waals surface area contributed by atoms with Gasteiger partial charge in [-0.15, -0.1) is 15.3 Å². The van der Waals surface area contributed by atoms with Crippen LogP contribution in [0.2, 0.25) is 0 Å². The summed E-state index contributed by atoms with van der Waals surface area (Å²) in [5, 5.41) is 27.2. The van der Waals surface area contributed by atoms with E-state index in [0.717, 1.165) is 0 Å². The number of nitrogens with zero attached hydrogens (tertiary/aromatic N) is 6. The zero-order valence-corrected chi connectivity index (χ0v) is 8.65. The highest BCUT2D eigenvalue weighted by Crippen LogP contribution is 2.27. The van der Waals surface area contributed by atoms with Gasteiger partial charge in [0.05, 0.1) is 5.56 Å². The third-order valence-corrected chi connectivity index (χ3v) is 2.18. The molecule has 3 aromatic rings. The summed E-state index contributed by atoms with van der Waals surface area (Å²) in [4.78, 5) is 17.4. The summed E-state index contributed by atoms with van der Waals surface area (Å²) in [5.74, 6) is 0.324. The van der Waals surface area contributed by atoms with Crippen molar-refractivity contribution in [1.29, 1.82) is 0 Å². The Hall–Kier alpha value is -3.11. The van der Waals surface area contributed by atoms with Gasteiger partial charge in [0.1, 0.15) is 11.3 Å². The molecule has 0 spiro atoms. The zero-order chi connectivity index (χ0) is 12.5. The Morgan fingerprint density at radius 2 is 2.22 bits per heavy atom. The van der Waals surface area contributed by atoms with Crippen LogP contribution >= 0.6 is 0 Å². The summed E-state index contributed by atoms with van der Waals surface area (Å²) < 4.78 is 0. The molecule has 0 saturated heterocycles. The van der Waals surface area contributed by atoms with Gasteiger partial charge in [-0.2, -0.15) is 10.3 Å². The number of aromatic nitrogens is 7. The van der Waals surface area contributed by atoms with Crippen molar-refractivity contribution in [2.45, 2.75) is 0 Å². The molecule has 0 aliphatic rings. The molecule has 0 fully saturated rings. The highest BCUT2D eigenvalue weighted by molar-refractivity contribution is 5.92. The number of anilines is 1. The number of imidazole rings is 1. The molecule has 0 aliphatic heterocycles. The maximum Gasteiger partial charge on any atom is 0.225 e. The summed E-state index contributed by atoms with van der Waals surface area (Å²) in [6.45, 7) is 0. The molecule has 3 heterocycles. The van der Waals surface area contributed by atoms with Gasteiger partial charge in [0.15, 0.2) is 5.03 Å². The van der Waals surface area contributed by atoms with Gasteiger partial charge in [-0.3, -0.25) is 0 Å². The van der Waals surface area contributed by atoms with Gasteiger partial charge in [-0.25, -0.2) is 15.1 Å². The fourth-order valence-electron chi connectivity index (χ4n) is 1.51. The highest BCUT2D eigenvalue weighted by Gasteiger charge is 2.20. The minimum absolute atomic E-state index is 0.0589. The van der Waals surface area contributed by atoms with E-state index in [1.54, 1.807) is 6.20 Å². The number of hydrazine groups is 1. The molecular weight excluding hydrogens is 242 g/mol. The Morgan fingerprint density at radius 3 is 2.94 bits per heavy atom. The summed E-state index contributed by atoms with van der Waals surface area (Å²) in [7, 11) is 0. The Morgan fingerprint density at radius 1 is 1.33 bits per heavy atom. The van der Waals surface area contributed by atoms with Gasteiger partial charge in [0.25, 0.3) is 0 Å². The van der Waals surface area contributed by atoms with E-state index in [0.29, 0.717) is 16.9 Å². The first kappa shape index (κ1) is 10.1. The number of rotatable bonds is 3. The van der Waals surface area contributed by atoms with Gasteiger partial charge < -0.3 is 4.98 Å². The smallest absolute Gasteiger partial charge is 0.225 e. The fraction of sp³-hybridized carbons (Fsp3) is 0. The van der Waals surface area contributed by atoms with Crippen molar-refractivity contribution in [2.24, 2.45) is 0 Å². The average Bonchev–Trinajstić information content (AvgIpc) is 2.97. The first-order valence-electron chi connectivity index (χ1n) is 4.73.